The summed E-state index contributed by atoms with van der Waals surface area (Å²) in [6, 6.07) is 8.41. The Morgan fingerprint density at radius 3 is 2.67 bits per heavy atom. The highest BCUT2D eigenvalue weighted by atomic mass is 19.3. The van der Waals surface area contributed by atoms with Crippen LogP contribution in [0.2, 0.25) is 0 Å². The van der Waals surface area contributed by atoms with E-state index < -0.39 is 5.92 Å². The lowest BCUT2D eigenvalue weighted by Crippen LogP contribution is -2.42. The lowest BCUT2D eigenvalue weighted by Gasteiger charge is -2.31. The quantitative estimate of drug-likeness (QED) is 0.658. The van der Waals surface area contributed by atoms with E-state index in [4.69, 9.17) is 10.5 Å². The van der Waals surface area contributed by atoms with Crippen molar-refractivity contribution in [3.63, 3.8) is 0 Å². The fourth-order valence-electron chi connectivity index (χ4n) is 2.74. The Morgan fingerprint density at radius 1 is 1.30 bits per heavy atom. The zero-order valence-corrected chi connectivity index (χ0v) is 14.9. The van der Waals surface area contributed by atoms with Crippen molar-refractivity contribution in [1.82, 2.24) is 9.88 Å². The number of nitrogens with zero attached hydrogens (tertiary/aromatic N) is 3. The molecule has 6 nitrogen and oxygen atoms in total. The van der Waals surface area contributed by atoms with Gasteiger partial charge < -0.3 is 15.4 Å². The first-order valence-corrected chi connectivity index (χ1v) is 8.49. The smallest absolute Gasteiger partial charge is 0.255 e. The van der Waals surface area contributed by atoms with Crippen molar-refractivity contribution in [1.29, 1.82) is 0 Å². The summed E-state index contributed by atoms with van der Waals surface area (Å²) in [6.07, 6.45) is 2.35. The van der Waals surface area contributed by atoms with E-state index in [0.717, 1.165) is 0 Å². The number of methoxy groups -OCH3 is 1. The summed E-state index contributed by atoms with van der Waals surface area (Å²) in [5, 5.41) is 0. The first kappa shape index (κ1) is 18.8. The monoisotopic (exact) mass is 374 g/mol. The van der Waals surface area contributed by atoms with Crippen LogP contribution in [0, 0.1) is 0 Å². The summed E-state index contributed by atoms with van der Waals surface area (Å²) in [5.74, 6) is -1.92. The molecule has 1 amide bonds. The van der Waals surface area contributed by atoms with Crippen molar-refractivity contribution in [2.24, 2.45) is 4.99 Å². The highest BCUT2D eigenvalue weighted by Crippen LogP contribution is 2.28. The molecule has 3 rings (SSSR count). The van der Waals surface area contributed by atoms with Crippen molar-refractivity contribution >= 4 is 23.6 Å². The van der Waals surface area contributed by atoms with Gasteiger partial charge in [-0.3, -0.25) is 4.79 Å². The first-order chi connectivity index (χ1) is 12.9. The number of nitrogen functional groups attached to an aromatic ring is 1. The lowest BCUT2D eigenvalue weighted by atomic mass is 10.1. The Kier molecular flexibility index (Phi) is 5.34. The van der Waals surface area contributed by atoms with Gasteiger partial charge in [0.25, 0.3) is 11.8 Å². The molecule has 0 spiro atoms. The Hall–Kier alpha value is -3.03. The molecule has 0 bridgehead atoms. The van der Waals surface area contributed by atoms with Crippen molar-refractivity contribution < 1.29 is 18.3 Å². The molecule has 27 heavy (non-hydrogen) atoms. The van der Waals surface area contributed by atoms with Gasteiger partial charge in [-0.1, -0.05) is 0 Å². The molecule has 1 aromatic heterocycles. The lowest BCUT2D eigenvalue weighted by molar-refractivity contribution is -0.0494. The topological polar surface area (TPSA) is 80.8 Å². The molecule has 1 fully saturated rings. The van der Waals surface area contributed by atoms with Gasteiger partial charge in [-0.15, -0.1) is 0 Å². The second kappa shape index (κ2) is 7.69. The molecule has 8 heteroatoms. The van der Waals surface area contributed by atoms with E-state index in [0.29, 0.717) is 28.4 Å². The van der Waals surface area contributed by atoms with Crippen molar-refractivity contribution in [2.75, 3.05) is 25.9 Å². The molecule has 1 saturated heterocycles. The van der Waals surface area contributed by atoms with Gasteiger partial charge in [-0.25, -0.2) is 18.8 Å². The van der Waals surface area contributed by atoms with E-state index >= 15 is 0 Å². The van der Waals surface area contributed by atoms with Gasteiger partial charge >= 0.3 is 0 Å². The van der Waals surface area contributed by atoms with Crippen molar-refractivity contribution in [3.8, 4) is 5.75 Å². The number of rotatable bonds is 4. The highest BCUT2D eigenvalue weighted by molar-refractivity contribution is 5.94. The standard InChI is InChI=1S/C19H20F2N4O2/c1-27-15-3-4-16(22)14(10-15)12-24-17-5-2-13(11-23-17)18(26)25-8-6-19(20,21)7-9-25/h2-5,10-12H,6-9,22H2,1H3. The number of amides is 1. The molecular formula is C19H20F2N4O2. The molecule has 0 radical (unpaired) electrons. The zero-order valence-electron chi connectivity index (χ0n) is 14.9. The number of piperidine rings is 1. The SMILES string of the molecule is COc1ccc(N)c(C=Nc2ccc(C(=O)N3CCC(F)(F)CC3)cn2)c1. The summed E-state index contributed by atoms with van der Waals surface area (Å²) in [5.41, 5.74) is 7.49. The minimum Gasteiger partial charge on any atom is -0.497 e. The largest absolute Gasteiger partial charge is 0.497 e. The van der Waals surface area contributed by atoms with Crippen LogP contribution in [-0.2, 0) is 0 Å². The van der Waals surface area contributed by atoms with Gasteiger partial charge in [0.05, 0.1) is 12.7 Å². The van der Waals surface area contributed by atoms with E-state index in [-0.39, 0.29) is 31.8 Å². The molecule has 2 aromatic rings. The summed E-state index contributed by atoms with van der Waals surface area (Å²) in [6.45, 7) is 0.0850. The maximum absolute atomic E-state index is 13.2. The highest BCUT2D eigenvalue weighted by Gasteiger charge is 2.35. The van der Waals surface area contributed by atoms with Gasteiger partial charge in [0.15, 0.2) is 5.82 Å². The minimum absolute atomic E-state index is 0.0425. The average molecular weight is 374 g/mol. The number of benzene rings is 1. The molecule has 1 aliphatic heterocycles. The van der Waals surface area contributed by atoms with Gasteiger partial charge in [0.1, 0.15) is 5.75 Å². The second-order valence-electron chi connectivity index (χ2n) is 6.31. The van der Waals surface area contributed by atoms with Crippen LogP contribution in [0.1, 0.15) is 28.8 Å². The second-order valence-corrected chi connectivity index (χ2v) is 6.31. The van der Waals surface area contributed by atoms with E-state index in [1.807, 2.05) is 0 Å². The first-order valence-electron chi connectivity index (χ1n) is 8.49. The molecule has 0 saturated carbocycles. The van der Waals surface area contributed by atoms with Crippen LogP contribution in [-0.4, -0.2) is 48.1 Å². The number of anilines is 1. The minimum atomic E-state index is -2.68. The van der Waals surface area contributed by atoms with Crippen LogP contribution in [0.4, 0.5) is 20.3 Å². The van der Waals surface area contributed by atoms with Gasteiger partial charge in [-0.2, -0.15) is 0 Å². The summed E-state index contributed by atoms with van der Waals surface area (Å²) < 4.78 is 31.6. The number of ether oxygens (including phenoxy) is 1. The average Bonchev–Trinajstić information content (AvgIpc) is 2.67. The number of nitrogens with two attached hydrogens (primary N) is 1. The molecule has 1 aliphatic rings. The van der Waals surface area contributed by atoms with Crippen LogP contribution in [0.25, 0.3) is 0 Å². The molecule has 142 valence electrons. The third-order valence-corrected chi connectivity index (χ3v) is 4.41. The van der Waals surface area contributed by atoms with E-state index in [1.54, 1.807) is 43.7 Å². The number of carbonyl (C=O) groups is 1. The Bertz CT molecular complexity index is 843. The fraction of sp³-hybridized carbons (Fsp3) is 0.316. The Morgan fingerprint density at radius 2 is 2.04 bits per heavy atom. The number of halogens is 2. The van der Waals surface area contributed by atoms with E-state index in [1.165, 1.54) is 11.1 Å². The predicted molar refractivity (Wildman–Crippen MR) is 99.0 cm³/mol. The Balaban J connectivity index is 1.68. The third kappa shape index (κ3) is 4.58. The van der Waals surface area contributed by atoms with Crippen molar-refractivity contribution in [2.45, 2.75) is 18.8 Å². The molecule has 2 N–H and O–H groups in total. The molecule has 2 heterocycles. The maximum Gasteiger partial charge on any atom is 0.255 e. The number of likely N-dealkylation sites (tertiary alicyclic amines) is 1. The molecule has 0 unspecified atom stereocenters. The van der Waals surface area contributed by atoms with Gasteiger partial charge in [0.2, 0.25) is 0 Å². The van der Waals surface area contributed by atoms with Crippen LogP contribution >= 0.6 is 0 Å². The van der Waals surface area contributed by atoms with Gasteiger partial charge in [-0.05, 0) is 30.3 Å². The molecule has 0 atom stereocenters. The summed E-state index contributed by atoms with van der Waals surface area (Å²) >= 11 is 0. The zero-order chi connectivity index (χ0) is 19.4. The number of aliphatic imine (C=N–C) groups is 1. The summed E-state index contributed by atoms with van der Waals surface area (Å²) in [7, 11) is 1.56. The van der Waals surface area contributed by atoms with Crippen LogP contribution in [0.3, 0.4) is 0 Å². The number of aromatic nitrogens is 1. The number of hydrogen-bond donors (Lipinski definition) is 1. The molecule has 0 aliphatic carbocycles. The fourth-order valence-corrected chi connectivity index (χ4v) is 2.74. The Labute approximate surface area is 155 Å². The maximum atomic E-state index is 13.2. The number of hydrogen-bond acceptors (Lipinski definition) is 5. The van der Waals surface area contributed by atoms with E-state index in [2.05, 4.69) is 9.98 Å². The van der Waals surface area contributed by atoms with Crippen LogP contribution < -0.4 is 10.5 Å². The van der Waals surface area contributed by atoms with E-state index in [9.17, 15) is 13.6 Å². The number of pyridine rings is 1. The summed E-state index contributed by atoms with van der Waals surface area (Å²) in [4.78, 5) is 22.2. The van der Waals surface area contributed by atoms with Gasteiger partial charge in [0, 0.05) is 49.6 Å². The molecular weight excluding hydrogens is 354 g/mol. The van der Waals surface area contributed by atoms with Crippen molar-refractivity contribution in [3.05, 3.63) is 47.7 Å². The predicted octanol–water partition coefficient (Wildman–Crippen LogP) is 3.29. The molecule has 1 aromatic carbocycles. The number of carbonyl (C=O) groups excluding carboxylic acids is 1. The number of alkyl halides is 2. The van der Waals surface area contributed by atoms with Crippen LogP contribution in [0.5, 0.6) is 5.75 Å². The van der Waals surface area contributed by atoms with Crippen LogP contribution in [0.15, 0.2) is 41.5 Å². The third-order valence-electron chi connectivity index (χ3n) is 4.41. The normalized spacial score (nSPS) is 16.5.